The third-order valence-corrected chi connectivity index (χ3v) is 4.97. The Kier molecular flexibility index (Phi) is 3.78. The minimum atomic E-state index is 0.380. The van der Waals surface area contributed by atoms with Gasteiger partial charge in [0.25, 0.3) is 5.89 Å². The van der Waals surface area contributed by atoms with Crippen molar-refractivity contribution < 1.29 is 8.94 Å². The number of rotatable bonds is 6. The molecule has 1 saturated carbocycles. The minimum Gasteiger partial charge on any atom is -0.459 e. The summed E-state index contributed by atoms with van der Waals surface area (Å²) in [4.78, 5) is 8.55. The minimum absolute atomic E-state index is 0.380. The number of furan rings is 1. The van der Waals surface area contributed by atoms with Crippen LogP contribution in [0.4, 0.5) is 0 Å². The Balaban J connectivity index is 1.37. The van der Waals surface area contributed by atoms with Crippen LogP contribution in [0.2, 0.25) is 0 Å². The third-order valence-electron chi connectivity index (χ3n) is 4.03. The van der Waals surface area contributed by atoms with Crippen LogP contribution in [-0.4, -0.2) is 29.9 Å². The normalized spacial score (nSPS) is 14.0. The van der Waals surface area contributed by atoms with E-state index in [4.69, 9.17) is 8.94 Å². The van der Waals surface area contributed by atoms with E-state index in [0.29, 0.717) is 29.3 Å². The van der Waals surface area contributed by atoms with Gasteiger partial charge in [-0.05, 0) is 37.1 Å². The van der Waals surface area contributed by atoms with Crippen LogP contribution in [0.5, 0.6) is 0 Å². The maximum Gasteiger partial charge on any atom is 0.293 e. The van der Waals surface area contributed by atoms with Gasteiger partial charge in [-0.25, -0.2) is 0 Å². The molecule has 0 unspecified atom stereocenters. The fraction of sp³-hybridized carbons (Fsp3) is 0.235. The number of aromatic nitrogens is 6. The van der Waals surface area contributed by atoms with E-state index in [0.717, 1.165) is 29.4 Å². The summed E-state index contributed by atoms with van der Waals surface area (Å²) in [5, 5.41) is 13.6. The highest BCUT2D eigenvalue weighted by atomic mass is 32.2. The molecule has 0 spiro atoms. The first-order valence-electron chi connectivity index (χ1n) is 8.23. The molecular weight excluding hydrogens is 352 g/mol. The lowest BCUT2D eigenvalue weighted by Crippen LogP contribution is -2.00. The van der Waals surface area contributed by atoms with Crippen LogP contribution in [-0.2, 0) is 5.75 Å². The van der Waals surface area contributed by atoms with E-state index in [1.807, 2.05) is 18.3 Å². The van der Waals surface area contributed by atoms with Crippen molar-refractivity contribution in [2.45, 2.75) is 29.8 Å². The molecule has 4 aromatic heterocycles. The number of pyridine rings is 1. The van der Waals surface area contributed by atoms with Gasteiger partial charge in [-0.2, -0.15) is 4.98 Å². The van der Waals surface area contributed by atoms with Crippen LogP contribution in [0.25, 0.3) is 23.0 Å². The lowest BCUT2D eigenvalue weighted by molar-refractivity contribution is 0.411. The van der Waals surface area contributed by atoms with Crippen molar-refractivity contribution in [3.63, 3.8) is 0 Å². The van der Waals surface area contributed by atoms with Crippen molar-refractivity contribution in [3.05, 3.63) is 48.7 Å². The smallest absolute Gasteiger partial charge is 0.293 e. The quantitative estimate of drug-likeness (QED) is 0.478. The predicted octanol–water partition coefficient (Wildman–Crippen LogP) is 3.61. The van der Waals surface area contributed by atoms with Gasteiger partial charge >= 0.3 is 0 Å². The van der Waals surface area contributed by atoms with Crippen molar-refractivity contribution in [1.82, 2.24) is 29.9 Å². The average molecular weight is 366 g/mol. The maximum absolute atomic E-state index is 5.27. The second-order valence-electron chi connectivity index (χ2n) is 5.93. The Bertz CT molecular complexity index is 1010. The van der Waals surface area contributed by atoms with Gasteiger partial charge in [0.15, 0.2) is 22.6 Å². The maximum atomic E-state index is 5.27. The zero-order chi connectivity index (χ0) is 17.3. The standard InChI is InChI=1S/C17H14N6O2S/c1-3-11(9-18-7-1)15-20-21-17(23(15)12-5-6-12)26-10-14-19-16(25-22-14)13-4-2-8-24-13/h1-4,7-9,12H,5-6,10H2. The summed E-state index contributed by atoms with van der Waals surface area (Å²) in [7, 11) is 0. The summed E-state index contributed by atoms with van der Waals surface area (Å²) >= 11 is 1.55. The molecule has 5 rings (SSSR count). The molecule has 9 heteroatoms. The van der Waals surface area contributed by atoms with Gasteiger partial charge in [0, 0.05) is 24.0 Å². The molecular formula is C17H14N6O2S. The molecule has 0 atom stereocenters. The molecule has 1 aliphatic rings. The van der Waals surface area contributed by atoms with Crippen LogP contribution >= 0.6 is 11.8 Å². The van der Waals surface area contributed by atoms with Gasteiger partial charge in [0.1, 0.15) is 0 Å². The molecule has 0 radical (unpaired) electrons. The largest absolute Gasteiger partial charge is 0.459 e. The van der Waals surface area contributed by atoms with Crippen molar-refractivity contribution >= 4 is 11.8 Å². The van der Waals surface area contributed by atoms with Crippen LogP contribution < -0.4 is 0 Å². The van der Waals surface area contributed by atoms with Crippen LogP contribution in [0, 0.1) is 0 Å². The summed E-state index contributed by atoms with van der Waals surface area (Å²) in [6, 6.07) is 7.93. The van der Waals surface area contributed by atoms with E-state index in [9.17, 15) is 0 Å². The summed E-state index contributed by atoms with van der Waals surface area (Å²) in [6.45, 7) is 0. The molecule has 0 aliphatic heterocycles. The summed E-state index contributed by atoms with van der Waals surface area (Å²) in [5.74, 6) is 2.93. The molecule has 130 valence electrons. The third kappa shape index (κ3) is 2.90. The molecule has 1 fully saturated rings. The molecule has 1 aliphatic carbocycles. The lowest BCUT2D eigenvalue weighted by atomic mass is 10.3. The van der Waals surface area contributed by atoms with Gasteiger partial charge in [0.2, 0.25) is 0 Å². The fourth-order valence-corrected chi connectivity index (χ4v) is 3.52. The van der Waals surface area contributed by atoms with E-state index in [1.54, 1.807) is 36.4 Å². The first-order valence-corrected chi connectivity index (χ1v) is 9.21. The highest BCUT2D eigenvalue weighted by Crippen LogP contribution is 2.41. The first-order chi connectivity index (χ1) is 12.9. The summed E-state index contributed by atoms with van der Waals surface area (Å²) in [6.07, 6.45) is 7.43. The predicted molar refractivity (Wildman–Crippen MR) is 93.1 cm³/mol. The van der Waals surface area contributed by atoms with E-state index in [2.05, 4.69) is 29.9 Å². The molecule has 8 nitrogen and oxygen atoms in total. The van der Waals surface area contributed by atoms with Crippen molar-refractivity contribution in [2.24, 2.45) is 0 Å². The van der Waals surface area contributed by atoms with Crippen molar-refractivity contribution in [2.75, 3.05) is 0 Å². The number of hydrogen-bond acceptors (Lipinski definition) is 8. The molecule has 4 aromatic rings. The Morgan fingerprint density at radius 1 is 1.19 bits per heavy atom. The Morgan fingerprint density at radius 2 is 2.15 bits per heavy atom. The van der Waals surface area contributed by atoms with Crippen LogP contribution in [0.1, 0.15) is 24.7 Å². The van der Waals surface area contributed by atoms with Gasteiger partial charge in [-0.3, -0.25) is 9.55 Å². The van der Waals surface area contributed by atoms with E-state index < -0.39 is 0 Å². The van der Waals surface area contributed by atoms with E-state index in [-0.39, 0.29) is 0 Å². The number of thioether (sulfide) groups is 1. The monoisotopic (exact) mass is 366 g/mol. The average Bonchev–Trinajstić information content (AvgIpc) is 3.10. The number of nitrogens with zero attached hydrogens (tertiary/aromatic N) is 6. The topological polar surface area (TPSA) is 95.7 Å². The van der Waals surface area contributed by atoms with Gasteiger partial charge in [-0.1, -0.05) is 16.9 Å². The zero-order valence-electron chi connectivity index (χ0n) is 13.6. The second-order valence-corrected chi connectivity index (χ2v) is 6.87. The number of hydrogen-bond donors (Lipinski definition) is 0. The molecule has 4 heterocycles. The summed E-state index contributed by atoms with van der Waals surface area (Å²) < 4.78 is 12.7. The molecule has 26 heavy (non-hydrogen) atoms. The van der Waals surface area contributed by atoms with E-state index >= 15 is 0 Å². The van der Waals surface area contributed by atoms with Crippen molar-refractivity contribution in [1.29, 1.82) is 0 Å². The van der Waals surface area contributed by atoms with Crippen LogP contribution in [0.15, 0.2) is 57.0 Å². The molecule has 0 aromatic carbocycles. The first kappa shape index (κ1) is 15.3. The molecule has 0 bridgehead atoms. The van der Waals surface area contributed by atoms with Gasteiger partial charge in [-0.15, -0.1) is 10.2 Å². The Labute approximate surface area is 152 Å². The van der Waals surface area contributed by atoms with Gasteiger partial charge < -0.3 is 8.94 Å². The van der Waals surface area contributed by atoms with Crippen LogP contribution in [0.3, 0.4) is 0 Å². The highest BCUT2D eigenvalue weighted by molar-refractivity contribution is 7.98. The summed E-state index contributed by atoms with van der Waals surface area (Å²) in [5.41, 5.74) is 0.971. The SMILES string of the molecule is c1cncc(-c2nnc(SCc3noc(-c4ccco4)n3)n2C2CC2)c1. The molecule has 0 amide bonds. The zero-order valence-corrected chi connectivity index (χ0v) is 14.5. The second kappa shape index (κ2) is 6.41. The highest BCUT2D eigenvalue weighted by Gasteiger charge is 2.30. The van der Waals surface area contributed by atoms with Crippen molar-refractivity contribution in [3.8, 4) is 23.0 Å². The lowest BCUT2D eigenvalue weighted by Gasteiger charge is -2.07. The Hall–Kier alpha value is -2.94. The molecule has 0 saturated heterocycles. The van der Waals surface area contributed by atoms with Gasteiger partial charge in [0.05, 0.1) is 12.0 Å². The van der Waals surface area contributed by atoms with E-state index in [1.165, 1.54) is 0 Å². The Morgan fingerprint density at radius 3 is 2.92 bits per heavy atom. The molecule has 0 N–H and O–H groups in total. The fourth-order valence-electron chi connectivity index (χ4n) is 2.67.